The van der Waals surface area contributed by atoms with Crippen LogP contribution in [0, 0.1) is 10.1 Å². The van der Waals surface area contributed by atoms with Gasteiger partial charge in [-0.25, -0.2) is 0 Å². The molecule has 1 fully saturated rings. The lowest BCUT2D eigenvalue weighted by Gasteiger charge is -2.20. The van der Waals surface area contributed by atoms with E-state index in [4.69, 9.17) is 11.6 Å². The Morgan fingerprint density at radius 2 is 2.05 bits per heavy atom. The molecule has 8 heteroatoms. The summed E-state index contributed by atoms with van der Waals surface area (Å²) in [5.41, 5.74) is -1.99. The normalized spacial score (nSPS) is 17.3. The van der Waals surface area contributed by atoms with Gasteiger partial charge in [-0.05, 0) is 25.0 Å². The van der Waals surface area contributed by atoms with Gasteiger partial charge in [0.15, 0.2) is 0 Å². The Kier molecular flexibility index (Phi) is 3.44. The van der Waals surface area contributed by atoms with E-state index in [2.05, 4.69) is 5.32 Å². The van der Waals surface area contributed by atoms with Crippen LogP contribution in [0.1, 0.15) is 18.4 Å². The van der Waals surface area contributed by atoms with Crippen LogP contribution in [0.5, 0.6) is 0 Å². The van der Waals surface area contributed by atoms with E-state index in [1.807, 2.05) is 0 Å². The minimum atomic E-state index is -4.35. The van der Waals surface area contributed by atoms with Crippen LogP contribution in [0.3, 0.4) is 0 Å². The first-order chi connectivity index (χ1) is 8.75. The van der Waals surface area contributed by atoms with Crippen molar-refractivity contribution in [1.29, 1.82) is 0 Å². The van der Waals surface area contributed by atoms with Crippen molar-refractivity contribution < 1.29 is 18.1 Å². The lowest BCUT2D eigenvalue weighted by molar-refractivity contribution is -0.385. The molecule has 0 radical (unpaired) electrons. The Bertz CT molecular complexity index is 515. The highest BCUT2D eigenvalue weighted by molar-refractivity contribution is 6.30. The van der Waals surface area contributed by atoms with Crippen molar-refractivity contribution in [3.05, 3.63) is 38.9 Å². The highest BCUT2D eigenvalue weighted by Crippen LogP contribution is 2.49. The molecule has 0 aliphatic heterocycles. The van der Waals surface area contributed by atoms with Gasteiger partial charge in [0.25, 0.3) is 5.69 Å². The van der Waals surface area contributed by atoms with E-state index in [-0.39, 0.29) is 35.7 Å². The molecule has 1 saturated carbocycles. The van der Waals surface area contributed by atoms with Crippen LogP contribution in [0.15, 0.2) is 18.2 Å². The van der Waals surface area contributed by atoms with E-state index in [1.165, 1.54) is 18.2 Å². The van der Waals surface area contributed by atoms with Gasteiger partial charge < -0.3 is 0 Å². The summed E-state index contributed by atoms with van der Waals surface area (Å²) in [4.78, 5) is 10.1. The van der Waals surface area contributed by atoms with Gasteiger partial charge in [0.05, 0.1) is 4.92 Å². The quantitative estimate of drug-likeness (QED) is 0.683. The van der Waals surface area contributed by atoms with Crippen LogP contribution < -0.4 is 5.32 Å². The number of hydrogen-bond acceptors (Lipinski definition) is 3. The number of nitrogens with one attached hydrogen (secondary N) is 1. The smallest absolute Gasteiger partial charge is 0.299 e. The van der Waals surface area contributed by atoms with Gasteiger partial charge in [0, 0.05) is 23.2 Å². The van der Waals surface area contributed by atoms with Gasteiger partial charge in [-0.3, -0.25) is 15.4 Å². The lowest BCUT2D eigenvalue weighted by Crippen LogP contribution is -2.44. The first kappa shape index (κ1) is 14.1. The summed E-state index contributed by atoms with van der Waals surface area (Å²) in [5.74, 6) is 0. The van der Waals surface area contributed by atoms with Crippen molar-refractivity contribution in [2.75, 3.05) is 0 Å². The Labute approximate surface area is 111 Å². The standard InChI is InChI=1S/C11H10ClF3N2O2/c12-8-1-2-9(17(18)19)7(5-8)6-16-10(3-4-10)11(13,14)15/h1-2,5,16H,3-4,6H2. The summed E-state index contributed by atoms with van der Waals surface area (Å²) in [6.45, 7) is -0.240. The van der Waals surface area contributed by atoms with E-state index in [0.29, 0.717) is 0 Å². The first-order valence-electron chi connectivity index (χ1n) is 5.50. The van der Waals surface area contributed by atoms with Crippen LogP contribution in [0.2, 0.25) is 5.02 Å². The van der Waals surface area contributed by atoms with Gasteiger partial charge in [-0.2, -0.15) is 13.2 Å². The number of rotatable bonds is 4. The minimum absolute atomic E-state index is 0.00906. The highest BCUT2D eigenvalue weighted by Gasteiger charge is 2.63. The van der Waals surface area contributed by atoms with Gasteiger partial charge in [-0.15, -0.1) is 0 Å². The summed E-state index contributed by atoms with van der Waals surface area (Å²) in [7, 11) is 0. The lowest BCUT2D eigenvalue weighted by atomic mass is 10.1. The monoisotopic (exact) mass is 294 g/mol. The number of benzene rings is 1. The maximum atomic E-state index is 12.7. The molecule has 0 saturated heterocycles. The summed E-state index contributed by atoms with van der Waals surface area (Å²) < 4.78 is 38.1. The zero-order chi connectivity index (χ0) is 14.3. The van der Waals surface area contributed by atoms with E-state index < -0.39 is 16.6 Å². The van der Waals surface area contributed by atoms with Crippen molar-refractivity contribution in [2.24, 2.45) is 0 Å². The maximum absolute atomic E-state index is 12.7. The zero-order valence-electron chi connectivity index (χ0n) is 9.63. The van der Waals surface area contributed by atoms with Crippen LogP contribution in [-0.2, 0) is 6.54 Å². The molecular formula is C11H10ClF3N2O2. The Hall–Kier alpha value is -1.34. The summed E-state index contributed by atoms with van der Waals surface area (Å²) in [6, 6.07) is 3.82. The van der Waals surface area contributed by atoms with Crippen LogP contribution in [0.25, 0.3) is 0 Å². The van der Waals surface area contributed by atoms with Crippen molar-refractivity contribution >= 4 is 17.3 Å². The SMILES string of the molecule is O=[N+]([O-])c1ccc(Cl)cc1CNC1(C(F)(F)F)CC1. The van der Waals surface area contributed by atoms with Gasteiger partial charge in [0.1, 0.15) is 5.54 Å². The topological polar surface area (TPSA) is 55.2 Å². The molecule has 0 heterocycles. The predicted octanol–water partition coefficient (Wildman–Crippen LogP) is 3.43. The summed E-state index contributed by atoms with van der Waals surface area (Å²) in [6.07, 6.45) is -4.36. The van der Waals surface area contributed by atoms with Crippen molar-refractivity contribution in [1.82, 2.24) is 5.32 Å². The largest absolute Gasteiger partial charge is 0.406 e. The molecule has 1 aliphatic rings. The molecule has 0 amide bonds. The fourth-order valence-electron chi connectivity index (χ4n) is 1.82. The number of nitrogens with zero attached hydrogens (tertiary/aromatic N) is 1. The van der Waals surface area contributed by atoms with Gasteiger partial charge in [-0.1, -0.05) is 11.6 Å². The first-order valence-corrected chi connectivity index (χ1v) is 5.87. The van der Waals surface area contributed by atoms with E-state index in [9.17, 15) is 23.3 Å². The second-order valence-electron chi connectivity index (χ2n) is 4.46. The maximum Gasteiger partial charge on any atom is 0.406 e. The average Bonchev–Trinajstić information content (AvgIpc) is 3.06. The van der Waals surface area contributed by atoms with Crippen molar-refractivity contribution in [3.8, 4) is 0 Å². The molecule has 0 bridgehead atoms. The van der Waals surface area contributed by atoms with Gasteiger partial charge in [0.2, 0.25) is 0 Å². The third kappa shape index (κ3) is 2.82. The number of halogens is 4. The molecule has 4 nitrogen and oxygen atoms in total. The highest BCUT2D eigenvalue weighted by atomic mass is 35.5. The number of nitro benzene ring substituents is 1. The summed E-state index contributed by atoms with van der Waals surface area (Å²) in [5, 5.41) is 13.4. The molecule has 1 aliphatic carbocycles. The van der Waals surface area contributed by atoms with Crippen LogP contribution in [0.4, 0.5) is 18.9 Å². The molecule has 0 unspecified atom stereocenters. The molecular weight excluding hydrogens is 285 g/mol. The van der Waals surface area contributed by atoms with Crippen LogP contribution in [-0.4, -0.2) is 16.6 Å². The average molecular weight is 295 g/mol. The van der Waals surface area contributed by atoms with Gasteiger partial charge >= 0.3 is 6.18 Å². The molecule has 0 spiro atoms. The molecule has 104 valence electrons. The van der Waals surface area contributed by atoms with E-state index in [1.54, 1.807) is 0 Å². The molecule has 2 rings (SSSR count). The fraction of sp³-hybridized carbons (Fsp3) is 0.455. The molecule has 1 aromatic rings. The second-order valence-corrected chi connectivity index (χ2v) is 4.90. The predicted molar refractivity (Wildman–Crippen MR) is 63.0 cm³/mol. The Morgan fingerprint density at radius 1 is 1.42 bits per heavy atom. The minimum Gasteiger partial charge on any atom is -0.299 e. The molecule has 1 N–H and O–H groups in total. The van der Waals surface area contributed by atoms with Crippen molar-refractivity contribution in [2.45, 2.75) is 31.1 Å². The molecule has 19 heavy (non-hydrogen) atoms. The third-order valence-corrected chi connectivity index (χ3v) is 3.38. The Balaban J connectivity index is 2.16. The Morgan fingerprint density at radius 3 is 2.53 bits per heavy atom. The number of hydrogen-bond donors (Lipinski definition) is 1. The molecule has 0 atom stereocenters. The molecule has 1 aromatic carbocycles. The summed E-state index contributed by atoms with van der Waals surface area (Å²) >= 11 is 5.70. The third-order valence-electron chi connectivity index (χ3n) is 3.15. The van der Waals surface area contributed by atoms with E-state index >= 15 is 0 Å². The van der Waals surface area contributed by atoms with Crippen LogP contribution >= 0.6 is 11.6 Å². The zero-order valence-corrected chi connectivity index (χ0v) is 10.4. The molecule has 0 aromatic heterocycles. The fourth-order valence-corrected chi connectivity index (χ4v) is 2.02. The van der Waals surface area contributed by atoms with Crippen molar-refractivity contribution in [3.63, 3.8) is 0 Å². The second kappa shape index (κ2) is 4.64. The number of nitro groups is 1. The van der Waals surface area contributed by atoms with E-state index in [0.717, 1.165) is 0 Å². The number of alkyl halides is 3.